The van der Waals surface area contributed by atoms with Crippen molar-refractivity contribution >= 4 is 16.9 Å². The van der Waals surface area contributed by atoms with Crippen molar-refractivity contribution in [2.24, 2.45) is 0 Å². The van der Waals surface area contributed by atoms with Gasteiger partial charge in [0.1, 0.15) is 11.3 Å². The number of hydrogen-bond acceptors (Lipinski definition) is 4. The van der Waals surface area contributed by atoms with E-state index in [2.05, 4.69) is 0 Å². The summed E-state index contributed by atoms with van der Waals surface area (Å²) in [5, 5.41) is 0.966. The summed E-state index contributed by atoms with van der Waals surface area (Å²) in [7, 11) is 3.35. The largest absolute Gasteiger partial charge is 0.484 e. The minimum Gasteiger partial charge on any atom is -0.484 e. The summed E-state index contributed by atoms with van der Waals surface area (Å²) in [6.07, 6.45) is 2.70. The lowest BCUT2D eigenvalue weighted by molar-refractivity contribution is -0.130. The van der Waals surface area contributed by atoms with Gasteiger partial charge in [-0.25, -0.2) is 4.79 Å². The van der Waals surface area contributed by atoms with Gasteiger partial charge in [-0.1, -0.05) is 0 Å². The monoisotopic (exact) mass is 287 g/mol. The highest BCUT2D eigenvalue weighted by Gasteiger charge is 2.19. The molecule has 0 fully saturated rings. The summed E-state index contributed by atoms with van der Waals surface area (Å²) in [4.78, 5) is 24.9. The van der Waals surface area contributed by atoms with Crippen LogP contribution in [0.5, 0.6) is 5.75 Å². The lowest BCUT2D eigenvalue weighted by Gasteiger charge is -2.12. The van der Waals surface area contributed by atoms with E-state index in [1.54, 1.807) is 20.2 Å². The minimum atomic E-state index is -0.253. The van der Waals surface area contributed by atoms with E-state index < -0.39 is 0 Å². The van der Waals surface area contributed by atoms with E-state index in [1.165, 1.54) is 4.90 Å². The first-order valence-corrected chi connectivity index (χ1v) is 6.98. The maximum absolute atomic E-state index is 11.9. The molecule has 0 radical (unpaired) electrons. The van der Waals surface area contributed by atoms with Crippen LogP contribution in [-0.2, 0) is 17.6 Å². The third kappa shape index (κ3) is 2.51. The van der Waals surface area contributed by atoms with Crippen LogP contribution in [0.25, 0.3) is 11.0 Å². The fourth-order valence-electron chi connectivity index (χ4n) is 2.63. The molecule has 3 rings (SSSR count). The molecule has 1 heterocycles. The van der Waals surface area contributed by atoms with Crippen molar-refractivity contribution in [3.8, 4) is 5.75 Å². The molecule has 0 spiro atoms. The quantitative estimate of drug-likeness (QED) is 0.807. The normalized spacial score (nSPS) is 13.2. The molecule has 1 aromatic heterocycles. The highest BCUT2D eigenvalue weighted by molar-refractivity contribution is 5.83. The fourth-order valence-corrected chi connectivity index (χ4v) is 2.63. The molecular formula is C16H17NO4. The van der Waals surface area contributed by atoms with Crippen molar-refractivity contribution in [2.45, 2.75) is 19.3 Å². The van der Waals surface area contributed by atoms with Crippen LogP contribution in [0.2, 0.25) is 0 Å². The summed E-state index contributed by atoms with van der Waals surface area (Å²) in [6.45, 7) is -0.0340. The Balaban J connectivity index is 1.93. The topological polar surface area (TPSA) is 59.8 Å². The molecular weight excluding hydrogens is 270 g/mol. The Bertz CT molecular complexity index is 761. The van der Waals surface area contributed by atoms with E-state index in [1.807, 2.05) is 12.1 Å². The standard InChI is InChI=1S/C16H17NO4/c1-17(2)15(18)9-20-10-6-7-12-11-4-3-5-13(11)16(19)21-14(12)8-10/h6-8H,3-5,9H2,1-2H3. The SMILES string of the molecule is CN(C)C(=O)COc1ccc2c3c(c(=O)oc2c1)CCC3. The first-order valence-electron chi connectivity index (χ1n) is 6.98. The van der Waals surface area contributed by atoms with Gasteiger partial charge < -0.3 is 14.1 Å². The second kappa shape index (κ2) is 5.24. The molecule has 5 nitrogen and oxygen atoms in total. The number of aryl methyl sites for hydroxylation is 1. The summed E-state index contributed by atoms with van der Waals surface area (Å²) < 4.78 is 10.8. The van der Waals surface area contributed by atoms with Crippen LogP contribution in [-0.4, -0.2) is 31.5 Å². The molecule has 0 N–H and O–H groups in total. The van der Waals surface area contributed by atoms with Crippen LogP contribution in [0.3, 0.4) is 0 Å². The van der Waals surface area contributed by atoms with Crippen LogP contribution < -0.4 is 10.4 Å². The van der Waals surface area contributed by atoms with Crippen LogP contribution in [0.1, 0.15) is 17.5 Å². The molecule has 0 bridgehead atoms. The van der Waals surface area contributed by atoms with Crippen LogP contribution in [0.15, 0.2) is 27.4 Å². The molecule has 0 saturated carbocycles. The zero-order valence-electron chi connectivity index (χ0n) is 12.1. The summed E-state index contributed by atoms with van der Waals surface area (Å²) >= 11 is 0. The highest BCUT2D eigenvalue weighted by atomic mass is 16.5. The lowest BCUT2D eigenvalue weighted by atomic mass is 10.1. The molecule has 0 atom stereocenters. The first kappa shape index (κ1) is 13.7. The summed E-state index contributed by atoms with van der Waals surface area (Å²) in [6, 6.07) is 5.39. The molecule has 0 unspecified atom stereocenters. The number of likely N-dealkylation sites (N-methyl/N-ethyl adjacent to an activating group) is 1. The Morgan fingerprint density at radius 3 is 2.81 bits per heavy atom. The highest BCUT2D eigenvalue weighted by Crippen LogP contribution is 2.29. The molecule has 1 aromatic carbocycles. The number of amides is 1. The van der Waals surface area contributed by atoms with E-state index in [4.69, 9.17) is 9.15 Å². The van der Waals surface area contributed by atoms with E-state index in [-0.39, 0.29) is 18.1 Å². The predicted molar refractivity (Wildman–Crippen MR) is 78.7 cm³/mol. The number of carbonyl (C=O) groups excluding carboxylic acids is 1. The Hall–Kier alpha value is -2.30. The van der Waals surface area contributed by atoms with Crippen molar-refractivity contribution in [3.05, 3.63) is 39.7 Å². The van der Waals surface area contributed by atoms with Gasteiger partial charge in [0.2, 0.25) is 0 Å². The zero-order chi connectivity index (χ0) is 15.0. The Morgan fingerprint density at radius 2 is 2.05 bits per heavy atom. The van der Waals surface area contributed by atoms with Crippen LogP contribution in [0, 0.1) is 0 Å². The van der Waals surface area contributed by atoms with Crippen molar-refractivity contribution in [2.75, 3.05) is 20.7 Å². The molecule has 1 aliphatic carbocycles. The number of carbonyl (C=O) groups is 1. The van der Waals surface area contributed by atoms with Gasteiger partial charge in [-0.3, -0.25) is 4.79 Å². The maximum Gasteiger partial charge on any atom is 0.339 e. The van der Waals surface area contributed by atoms with Gasteiger partial charge >= 0.3 is 5.63 Å². The average Bonchev–Trinajstić information content (AvgIpc) is 2.94. The number of nitrogens with zero attached hydrogens (tertiary/aromatic N) is 1. The Morgan fingerprint density at radius 1 is 1.29 bits per heavy atom. The fraction of sp³-hybridized carbons (Fsp3) is 0.375. The van der Waals surface area contributed by atoms with Gasteiger partial charge in [-0.05, 0) is 37.0 Å². The molecule has 0 saturated heterocycles. The van der Waals surface area contributed by atoms with Gasteiger partial charge in [-0.15, -0.1) is 0 Å². The smallest absolute Gasteiger partial charge is 0.339 e. The molecule has 1 amide bonds. The van der Waals surface area contributed by atoms with E-state index in [9.17, 15) is 9.59 Å². The van der Waals surface area contributed by atoms with E-state index >= 15 is 0 Å². The van der Waals surface area contributed by atoms with Crippen molar-refractivity contribution in [3.63, 3.8) is 0 Å². The Kier molecular flexibility index (Phi) is 3.41. The summed E-state index contributed by atoms with van der Waals surface area (Å²) in [5.41, 5.74) is 2.17. The van der Waals surface area contributed by atoms with E-state index in [0.29, 0.717) is 11.3 Å². The second-order valence-corrected chi connectivity index (χ2v) is 5.43. The first-order chi connectivity index (χ1) is 10.1. The third-order valence-electron chi connectivity index (χ3n) is 3.81. The molecule has 110 valence electrons. The Labute approximate surface area is 122 Å². The van der Waals surface area contributed by atoms with Gasteiger partial charge in [-0.2, -0.15) is 0 Å². The maximum atomic E-state index is 11.9. The molecule has 1 aliphatic rings. The van der Waals surface area contributed by atoms with Crippen molar-refractivity contribution in [1.29, 1.82) is 0 Å². The lowest BCUT2D eigenvalue weighted by Crippen LogP contribution is -2.27. The second-order valence-electron chi connectivity index (χ2n) is 5.43. The molecule has 5 heteroatoms. The average molecular weight is 287 g/mol. The van der Waals surface area contributed by atoms with Crippen LogP contribution >= 0.6 is 0 Å². The van der Waals surface area contributed by atoms with E-state index in [0.717, 1.165) is 35.8 Å². The molecule has 0 aliphatic heterocycles. The van der Waals surface area contributed by atoms with Crippen molar-refractivity contribution < 1.29 is 13.9 Å². The van der Waals surface area contributed by atoms with Crippen LogP contribution in [0.4, 0.5) is 0 Å². The third-order valence-corrected chi connectivity index (χ3v) is 3.81. The minimum absolute atomic E-state index is 0.0340. The van der Waals surface area contributed by atoms with Gasteiger partial charge in [0, 0.05) is 31.1 Å². The predicted octanol–water partition coefficient (Wildman–Crippen LogP) is 1.75. The number of hydrogen-bond donors (Lipinski definition) is 0. The number of benzene rings is 1. The molecule has 21 heavy (non-hydrogen) atoms. The van der Waals surface area contributed by atoms with Gasteiger partial charge in [0.05, 0.1) is 0 Å². The van der Waals surface area contributed by atoms with Crippen molar-refractivity contribution in [1.82, 2.24) is 4.90 Å². The van der Waals surface area contributed by atoms with Gasteiger partial charge in [0.15, 0.2) is 6.61 Å². The number of rotatable bonds is 3. The molecule has 2 aromatic rings. The zero-order valence-corrected chi connectivity index (χ0v) is 12.1. The number of ether oxygens (including phenoxy) is 1. The van der Waals surface area contributed by atoms with Gasteiger partial charge in [0.25, 0.3) is 5.91 Å². The summed E-state index contributed by atoms with van der Waals surface area (Å²) in [5.74, 6) is 0.407. The number of fused-ring (bicyclic) bond motifs is 3.